The Labute approximate surface area is 186 Å². The zero-order chi connectivity index (χ0) is 23.0. The normalized spacial score (nSPS) is 17.0. The predicted molar refractivity (Wildman–Crippen MR) is 108 cm³/mol. The molecule has 2 aromatic rings. The molecule has 3 rings (SSSR count). The highest BCUT2D eigenvalue weighted by Crippen LogP contribution is 2.43. The van der Waals surface area contributed by atoms with Crippen LogP contribution in [0.2, 0.25) is 0 Å². The third-order valence-electron chi connectivity index (χ3n) is 4.45. The van der Waals surface area contributed by atoms with E-state index in [0.717, 1.165) is 4.47 Å². The molecule has 0 bridgehead atoms. The first-order valence-electron chi connectivity index (χ1n) is 8.72. The number of nitrogens with one attached hydrogen (secondary N) is 1. The summed E-state index contributed by atoms with van der Waals surface area (Å²) in [5, 5.41) is 1.65. The van der Waals surface area contributed by atoms with E-state index in [1.54, 1.807) is 18.2 Å². The van der Waals surface area contributed by atoms with E-state index in [1.165, 1.54) is 23.8 Å². The molecule has 1 N–H and O–H groups in total. The van der Waals surface area contributed by atoms with Gasteiger partial charge in [-0.15, -0.1) is 11.8 Å². The van der Waals surface area contributed by atoms with Crippen LogP contribution in [-0.4, -0.2) is 30.3 Å². The zero-order valence-corrected chi connectivity index (χ0v) is 18.2. The number of hydrogen-bond acceptors (Lipinski definition) is 3. The molecule has 4 nitrogen and oxygen atoms in total. The van der Waals surface area contributed by atoms with E-state index in [0.29, 0.717) is 29.2 Å². The highest BCUT2D eigenvalue weighted by atomic mass is 79.9. The Morgan fingerprint density at radius 2 is 1.71 bits per heavy atom. The smallest absolute Gasteiger partial charge is 0.416 e. The molecule has 1 unspecified atom stereocenters. The lowest BCUT2D eigenvalue weighted by Gasteiger charge is -2.26. The number of hydrogen-bond donors (Lipinski definition) is 1. The molecule has 1 saturated heterocycles. The lowest BCUT2D eigenvalue weighted by atomic mass is 10.1. The summed E-state index contributed by atoms with van der Waals surface area (Å²) >= 11 is 4.74. The molecule has 31 heavy (non-hydrogen) atoms. The molecule has 1 atom stereocenters. The number of nitrogens with zero attached hydrogens (tertiary/aromatic N) is 1. The first-order valence-corrected chi connectivity index (χ1v) is 10.6. The number of carbonyl (C=O) groups is 1. The maximum atomic E-state index is 13.1. The van der Waals surface area contributed by atoms with Crippen molar-refractivity contribution in [1.29, 1.82) is 0 Å². The van der Waals surface area contributed by atoms with E-state index in [2.05, 4.69) is 21.2 Å². The van der Waals surface area contributed by atoms with Crippen molar-refractivity contribution in [3.63, 3.8) is 0 Å². The average Bonchev–Trinajstić information content (AvgIpc) is 3.16. The second-order valence-electron chi connectivity index (χ2n) is 6.53. The Balaban J connectivity index is 1.91. The Morgan fingerprint density at radius 1 is 1.10 bits per heavy atom. The van der Waals surface area contributed by atoms with Crippen LogP contribution in [0.15, 0.2) is 40.9 Å². The molecule has 0 saturated carbocycles. The molecule has 0 aromatic heterocycles. The fourth-order valence-electron chi connectivity index (χ4n) is 3.06. The largest absolute Gasteiger partial charge is 0.496 e. The summed E-state index contributed by atoms with van der Waals surface area (Å²) in [6.45, 7) is 0.252. The summed E-state index contributed by atoms with van der Waals surface area (Å²) in [5.41, 5.74) is -2.95. The van der Waals surface area contributed by atoms with Crippen LogP contribution in [-0.2, 0) is 12.4 Å². The maximum Gasteiger partial charge on any atom is 0.416 e. The van der Waals surface area contributed by atoms with Crippen LogP contribution in [0.3, 0.4) is 0 Å². The number of methoxy groups -OCH3 is 1. The number of benzene rings is 2. The summed E-state index contributed by atoms with van der Waals surface area (Å²) in [5.74, 6) is 1.03. The van der Waals surface area contributed by atoms with E-state index in [-0.39, 0.29) is 12.6 Å². The summed E-state index contributed by atoms with van der Waals surface area (Å²) in [4.78, 5) is 14.1. The lowest BCUT2D eigenvalue weighted by Crippen LogP contribution is -2.34. The van der Waals surface area contributed by atoms with Gasteiger partial charge < -0.3 is 15.0 Å². The van der Waals surface area contributed by atoms with E-state index < -0.39 is 40.6 Å². The number of amides is 2. The molecule has 1 fully saturated rings. The SMILES string of the molecule is COc1ccc(Br)cc1C1SCCN1C(=O)Nc1cc(C(F)(F)F)cc(C(F)(F)F)c1. The van der Waals surface area contributed by atoms with Crippen molar-refractivity contribution in [2.45, 2.75) is 17.7 Å². The van der Waals surface area contributed by atoms with Gasteiger partial charge in [0, 0.05) is 28.0 Å². The summed E-state index contributed by atoms with van der Waals surface area (Å²) in [6, 6.07) is 5.33. The first-order chi connectivity index (χ1) is 14.4. The highest BCUT2D eigenvalue weighted by Gasteiger charge is 2.38. The van der Waals surface area contributed by atoms with Crippen molar-refractivity contribution in [3.05, 3.63) is 57.6 Å². The fraction of sp³-hybridized carbons (Fsp3) is 0.316. The van der Waals surface area contributed by atoms with Crippen LogP contribution in [0.5, 0.6) is 5.75 Å². The second-order valence-corrected chi connectivity index (χ2v) is 8.63. The van der Waals surface area contributed by atoms with Gasteiger partial charge >= 0.3 is 18.4 Å². The number of alkyl halides is 6. The minimum Gasteiger partial charge on any atom is -0.496 e. The third kappa shape index (κ3) is 5.40. The quantitative estimate of drug-likeness (QED) is 0.446. The van der Waals surface area contributed by atoms with Crippen molar-refractivity contribution in [3.8, 4) is 5.75 Å². The Morgan fingerprint density at radius 3 is 2.26 bits per heavy atom. The summed E-state index contributed by atoms with van der Waals surface area (Å²) < 4.78 is 84.5. The molecule has 0 radical (unpaired) electrons. The molecule has 1 heterocycles. The van der Waals surface area contributed by atoms with E-state index in [4.69, 9.17) is 4.74 Å². The van der Waals surface area contributed by atoms with Crippen LogP contribution < -0.4 is 10.1 Å². The molecule has 1 aliphatic heterocycles. The van der Waals surface area contributed by atoms with Gasteiger partial charge in [-0.1, -0.05) is 15.9 Å². The van der Waals surface area contributed by atoms with Crippen LogP contribution in [0, 0.1) is 0 Å². The molecule has 1 aliphatic rings. The second kappa shape index (κ2) is 8.81. The Hall–Kier alpha value is -2.08. The third-order valence-corrected chi connectivity index (χ3v) is 6.18. The summed E-state index contributed by atoms with van der Waals surface area (Å²) in [7, 11) is 1.46. The van der Waals surface area contributed by atoms with E-state index >= 15 is 0 Å². The van der Waals surface area contributed by atoms with Crippen LogP contribution >= 0.6 is 27.7 Å². The lowest BCUT2D eigenvalue weighted by molar-refractivity contribution is -0.143. The molecular weight excluding hydrogens is 514 g/mol. The molecule has 2 amide bonds. The Bertz CT molecular complexity index is 951. The monoisotopic (exact) mass is 528 g/mol. The van der Waals surface area contributed by atoms with Crippen molar-refractivity contribution < 1.29 is 35.9 Å². The van der Waals surface area contributed by atoms with Gasteiger partial charge in [-0.25, -0.2) is 4.79 Å². The first kappa shape index (κ1) is 23.6. The topological polar surface area (TPSA) is 41.6 Å². The number of urea groups is 1. The van der Waals surface area contributed by atoms with Crippen molar-refractivity contribution in [1.82, 2.24) is 4.90 Å². The van der Waals surface area contributed by atoms with Gasteiger partial charge in [0.1, 0.15) is 11.1 Å². The summed E-state index contributed by atoms with van der Waals surface area (Å²) in [6.07, 6.45) is -10.0. The van der Waals surface area contributed by atoms with E-state index in [9.17, 15) is 31.1 Å². The minimum absolute atomic E-state index is 0.0104. The number of halogens is 7. The van der Waals surface area contributed by atoms with Crippen molar-refractivity contribution >= 4 is 39.4 Å². The van der Waals surface area contributed by atoms with Gasteiger partial charge in [0.2, 0.25) is 0 Å². The highest BCUT2D eigenvalue weighted by molar-refractivity contribution is 9.10. The van der Waals surface area contributed by atoms with Crippen molar-refractivity contribution in [2.24, 2.45) is 0 Å². The predicted octanol–water partition coefficient (Wildman–Crippen LogP) is 6.77. The Kier molecular flexibility index (Phi) is 6.70. The average molecular weight is 529 g/mol. The van der Waals surface area contributed by atoms with Gasteiger partial charge in [-0.05, 0) is 36.4 Å². The number of carbonyl (C=O) groups excluding carboxylic acids is 1. The van der Waals surface area contributed by atoms with Gasteiger partial charge in [0.25, 0.3) is 0 Å². The molecule has 12 heteroatoms. The van der Waals surface area contributed by atoms with E-state index in [1.807, 2.05) is 0 Å². The van der Waals surface area contributed by atoms with Gasteiger partial charge in [-0.2, -0.15) is 26.3 Å². The number of rotatable bonds is 3. The molecule has 168 valence electrons. The van der Waals surface area contributed by atoms with Crippen LogP contribution in [0.1, 0.15) is 22.1 Å². The fourth-order valence-corrected chi connectivity index (χ4v) is 4.71. The number of ether oxygens (including phenoxy) is 1. The molecular formula is C19H15BrF6N2O2S. The maximum absolute atomic E-state index is 13.1. The standard InChI is InChI=1S/C19H15BrF6N2O2S/c1-30-15-3-2-12(20)9-14(15)16-28(4-5-31-16)17(29)27-13-7-10(18(21,22)23)6-11(8-13)19(24,25)26/h2-3,6-9,16H,4-5H2,1H3,(H,27,29). The minimum atomic E-state index is -5.00. The van der Waals surface area contributed by atoms with Crippen molar-refractivity contribution in [2.75, 3.05) is 24.7 Å². The molecule has 0 spiro atoms. The number of anilines is 1. The van der Waals surface area contributed by atoms with Gasteiger partial charge in [0.15, 0.2) is 0 Å². The zero-order valence-electron chi connectivity index (χ0n) is 15.8. The van der Waals surface area contributed by atoms with Gasteiger partial charge in [-0.3, -0.25) is 0 Å². The molecule has 2 aromatic carbocycles. The van der Waals surface area contributed by atoms with Gasteiger partial charge in [0.05, 0.1) is 18.2 Å². The number of thioether (sulfide) groups is 1. The molecule has 0 aliphatic carbocycles. The van der Waals surface area contributed by atoms with Crippen LogP contribution in [0.25, 0.3) is 0 Å². The van der Waals surface area contributed by atoms with Crippen LogP contribution in [0.4, 0.5) is 36.8 Å².